The van der Waals surface area contributed by atoms with Crippen molar-refractivity contribution < 1.29 is 19.0 Å². The fourth-order valence-corrected chi connectivity index (χ4v) is 4.20. The van der Waals surface area contributed by atoms with Gasteiger partial charge in [-0.05, 0) is 68.9 Å². The third-order valence-corrected chi connectivity index (χ3v) is 5.79. The first kappa shape index (κ1) is 25.0. The molecule has 4 aromatic rings. The largest absolute Gasteiger partial charge is 0.494 e. The lowest BCUT2D eigenvalue weighted by atomic mass is 9.97. The number of carbonyl (C=O) groups is 1. The van der Waals surface area contributed by atoms with Crippen LogP contribution >= 0.6 is 11.3 Å². The SMILES string of the molecule is COc1c(C)nc(C)c(C(=O)Nc2nnc(OCc3ccc(OC(C)C)cn3)s2)c1-c1ccncc1. The lowest BCUT2D eigenvalue weighted by molar-refractivity contribution is 0.102. The number of anilines is 1. The minimum Gasteiger partial charge on any atom is -0.494 e. The first-order valence-electron chi connectivity index (χ1n) is 11.2. The molecule has 0 saturated carbocycles. The highest BCUT2D eigenvalue weighted by Crippen LogP contribution is 2.37. The zero-order chi connectivity index (χ0) is 25.7. The van der Waals surface area contributed by atoms with Crippen molar-refractivity contribution in [1.82, 2.24) is 25.1 Å². The standard InChI is InChI=1S/C25H26N6O4S/c1-14(2)35-19-7-6-18(27-12-19)13-34-25-31-30-24(36-25)29-23(32)20-15(3)28-16(4)22(33-5)21(20)17-8-10-26-11-9-17/h6-12,14H,13H2,1-5H3,(H,29,30,32). The maximum atomic E-state index is 13.4. The maximum Gasteiger partial charge on any atom is 0.296 e. The van der Waals surface area contributed by atoms with Gasteiger partial charge < -0.3 is 14.2 Å². The molecule has 0 radical (unpaired) electrons. The topological polar surface area (TPSA) is 121 Å². The van der Waals surface area contributed by atoms with E-state index < -0.39 is 0 Å². The lowest BCUT2D eigenvalue weighted by Crippen LogP contribution is -2.17. The van der Waals surface area contributed by atoms with Gasteiger partial charge in [0.2, 0.25) is 5.13 Å². The van der Waals surface area contributed by atoms with Gasteiger partial charge >= 0.3 is 0 Å². The molecule has 0 atom stereocenters. The van der Waals surface area contributed by atoms with Crippen LogP contribution in [0.25, 0.3) is 11.1 Å². The molecule has 4 aromatic heterocycles. The minimum atomic E-state index is -0.379. The predicted octanol–water partition coefficient (Wildman–Crippen LogP) is 4.63. The van der Waals surface area contributed by atoms with Crippen molar-refractivity contribution in [3.8, 4) is 27.8 Å². The highest BCUT2D eigenvalue weighted by Gasteiger charge is 2.24. The Balaban J connectivity index is 1.50. The van der Waals surface area contributed by atoms with E-state index in [-0.39, 0.29) is 18.6 Å². The van der Waals surface area contributed by atoms with Gasteiger partial charge in [-0.1, -0.05) is 5.10 Å². The van der Waals surface area contributed by atoms with Crippen LogP contribution in [0.1, 0.15) is 41.3 Å². The molecule has 36 heavy (non-hydrogen) atoms. The van der Waals surface area contributed by atoms with E-state index in [2.05, 4.69) is 30.5 Å². The number of ether oxygens (including phenoxy) is 3. The lowest BCUT2D eigenvalue weighted by Gasteiger charge is -2.17. The van der Waals surface area contributed by atoms with Crippen molar-refractivity contribution in [1.29, 1.82) is 0 Å². The second-order valence-electron chi connectivity index (χ2n) is 8.07. The van der Waals surface area contributed by atoms with Gasteiger partial charge in [0.25, 0.3) is 11.1 Å². The summed E-state index contributed by atoms with van der Waals surface area (Å²) in [5.74, 6) is 0.837. The Morgan fingerprint density at radius 1 is 1.08 bits per heavy atom. The number of aryl methyl sites for hydroxylation is 2. The Hall–Kier alpha value is -4.12. The quantitative estimate of drug-likeness (QED) is 0.346. The van der Waals surface area contributed by atoms with Gasteiger partial charge in [0.15, 0.2) is 0 Å². The van der Waals surface area contributed by atoms with Gasteiger partial charge in [-0.25, -0.2) is 0 Å². The number of methoxy groups -OCH3 is 1. The second kappa shape index (κ2) is 11.1. The van der Waals surface area contributed by atoms with E-state index in [0.29, 0.717) is 50.0 Å². The summed E-state index contributed by atoms with van der Waals surface area (Å²) in [4.78, 5) is 26.3. The fraction of sp³-hybridized carbons (Fsp3) is 0.280. The molecule has 0 saturated heterocycles. The van der Waals surface area contributed by atoms with E-state index in [9.17, 15) is 4.79 Å². The summed E-state index contributed by atoms with van der Waals surface area (Å²) >= 11 is 1.12. The van der Waals surface area contributed by atoms with Crippen molar-refractivity contribution in [2.45, 2.75) is 40.4 Å². The average Bonchev–Trinajstić information content (AvgIpc) is 3.30. The zero-order valence-electron chi connectivity index (χ0n) is 20.6. The summed E-state index contributed by atoms with van der Waals surface area (Å²) in [6.07, 6.45) is 5.05. The zero-order valence-corrected chi connectivity index (χ0v) is 21.4. The van der Waals surface area contributed by atoms with Crippen LogP contribution in [0.4, 0.5) is 5.13 Å². The average molecular weight is 507 g/mol. The number of hydrogen-bond acceptors (Lipinski definition) is 10. The number of carbonyl (C=O) groups excluding carboxylic acids is 1. The van der Waals surface area contributed by atoms with E-state index in [1.165, 1.54) is 0 Å². The van der Waals surface area contributed by atoms with Gasteiger partial charge in [-0.3, -0.25) is 25.1 Å². The molecule has 10 nitrogen and oxygen atoms in total. The summed E-state index contributed by atoms with van der Waals surface area (Å²) in [6, 6.07) is 7.30. The van der Waals surface area contributed by atoms with Crippen LogP contribution in [-0.4, -0.2) is 44.3 Å². The molecule has 0 aliphatic rings. The normalized spacial score (nSPS) is 10.8. The number of nitrogens with one attached hydrogen (secondary N) is 1. The number of aromatic nitrogens is 5. The third kappa shape index (κ3) is 5.74. The van der Waals surface area contributed by atoms with Crippen LogP contribution in [0.2, 0.25) is 0 Å². The van der Waals surface area contributed by atoms with Crippen molar-refractivity contribution >= 4 is 22.4 Å². The van der Waals surface area contributed by atoms with Crippen LogP contribution in [0, 0.1) is 13.8 Å². The Kier molecular flexibility index (Phi) is 7.69. The van der Waals surface area contributed by atoms with E-state index in [1.807, 2.05) is 45.0 Å². The van der Waals surface area contributed by atoms with Crippen molar-refractivity contribution in [2.75, 3.05) is 12.4 Å². The highest BCUT2D eigenvalue weighted by atomic mass is 32.1. The molecule has 1 N–H and O–H groups in total. The van der Waals surface area contributed by atoms with Gasteiger partial charge in [0, 0.05) is 18.0 Å². The smallest absolute Gasteiger partial charge is 0.296 e. The van der Waals surface area contributed by atoms with E-state index in [4.69, 9.17) is 14.2 Å². The van der Waals surface area contributed by atoms with Crippen molar-refractivity contribution in [3.63, 3.8) is 0 Å². The van der Waals surface area contributed by atoms with Crippen LogP contribution in [0.5, 0.6) is 16.7 Å². The highest BCUT2D eigenvalue weighted by molar-refractivity contribution is 7.17. The molecule has 4 rings (SSSR count). The Morgan fingerprint density at radius 2 is 1.86 bits per heavy atom. The fourth-order valence-electron chi connectivity index (χ4n) is 3.61. The van der Waals surface area contributed by atoms with Crippen LogP contribution in [-0.2, 0) is 6.61 Å². The molecule has 11 heteroatoms. The molecule has 0 bridgehead atoms. The van der Waals surface area contributed by atoms with Gasteiger partial charge in [0.1, 0.15) is 18.1 Å². The number of nitrogens with zero attached hydrogens (tertiary/aromatic N) is 5. The molecule has 0 aromatic carbocycles. The third-order valence-electron chi connectivity index (χ3n) is 5.04. The molecule has 4 heterocycles. The summed E-state index contributed by atoms with van der Waals surface area (Å²) in [5.41, 5.74) is 3.77. The van der Waals surface area contributed by atoms with Crippen molar-refractivity contribution in [3.05, 3.63) is 65.5 Å². The Morgan fingerprint density at radius 3 is 2.53 bits per heavy atom. The van der Waals surface area contributed by atoms with E-state index >= 15 is 0 Å². The summed E-state index contributed by atoms with van der Waals surface area (Å²) in [5, 5.41) is 11.5. The number of hydrogen-bond donors (Lipinski definition) is 1. The van der Waals surface area contributed by atoms with Crippen LogP contribution in [0.15, 0.2) is 42.9 Å². The molecule has 1 amide bonds. The molecule has 0 aliphatic heterocycles. The van der Waals surface area contributed by atoms with E-state index in [1.54, 1.807) is 32.6 Å². The molecule has 0 aliphatic carbocycles. The minimum absolute atomic E-state index is 0.0743. The maximum absolute atomic E-state index is 13.4. The monoisotopic (exact) mass is 506 g/mol. The first-order valence-corrected chi connectivity index (χ1v) is 12.0. The first-order chi connectivity index (χ1) is 17.4. The second-order valence-corrected chi connectivity index (χ2v) is 9.01. The molecular weight excluding hydrogens is 480 g/mol. The van der Waals surface area contributed by atoms with Crippen LogP contribution in [0.3, 0.4) is 0 Å². The van der Waals surface area contributed by atoms with Gasteiger partial charge in [0.05, 0.1) is 42.1 Å². The Bertz CT molecular complexity index is 1340. The predicted molar refractivity (Wildman–Crippen MR) is 136 cm³/mol. The van der Waals surface area contributed by atoms with Gasteiger partial charge in [-0.2, -0.15) is 0 Å². The molecule has 0 spiro atoms. The molecular formula is C25H26N6O4S. The number of rotatable bonds is 9. The van der Waals surface area contributed by atoms with E-state index in [0.717, 1.165) is 16.9 Å². The van der Waals surface area contributed by atoms with Crippen LogP contribution < -0.4 is 19.5 Å². The molecule has 0 fully saturated rings. The summed E-state index contributed by atoms with van der Waals surface area (Å²) in [6.45, 7) is 7.73. The number of amides is 1. The summed E-state index contributed by atoms with van der Waals surface area (Å²) in [7, 11) is 1.56. The van der Waals surface area contributed by atoms with Crippen molar-refractivity contribution in [2.24, 2.45) is 0 Å². The number of pyridine rings is 3. The molecule has 0 unspecified atom stereocenters. The molecule has 186 valence electrons. The summed E-state index contributed by atoms with van der Waals surface area (Å²) < 4.78 is 16.9. The Labute approximate surface area is 212 Å². The van der Waals surface area contributed by atoms with Gasteiger partial charge in [-0.15, -0.1) is 5.10 Å².